The van der Waals surface area contributed by atoms with Gasteiger partial charge in [-0.2, -0.15) is 0 Å². The molecule has 1 atom stereocenters. The SMILES string of the molecule is CCOC(=O)C1CCCN(c2ccccc2C(=O)O)C1. The number of carbonyl (C=O) groups is 2. The molecule has 1 aliphatic heterocycles. The van der Waals surface area contributed by atoms with Gasteiger partial charge in [0.05, 0.1) is 23.8 Å². The molecule has 5 heteroatoms. The second kappa shape index (κ2) is 6.41. The van der Waals surface area contributed by atoms with Crippen molar-refractivity contribution in [3.05, 3.63) is 29.8 Å². The van der Waals surface area contributed by atoms with E-state index in [0.717, 1.165) is 19.4 Å². The van der Waals surface area contributed by atoms with Gasteiger partial charge in [0.2, 0.25) is 0 Å². The van der Waals surface area contributed by atoms with Crippen molar-refractivity contribution in [3.8, 4) is 0 Å². The number of rotatable bonds is 4. The summed E-state index contributed by atoms with van der Waals surface area (Å²) in [5, 5.41) is 9.24. The minimum Gasteiger partial charge on any atom is -0.478 e. The van der Waals surface area contributed by atoms with Gasteiger partial charge >= 0.3 is 11.9 Å². The Labute approximate surface area is 118 Å². The molecule has 0 spiro atoms. The lowest BCUT2D eigenvalue weighted by Crippen LogP contribution is -2.40. The van der Waals surface area contributed by atoms with E-state index >= 15 is 0 Å². The smallest absolute Gasteiger partial charge is 0.337 e. The van der Waals surface area contributed by atoms with Gasteiger partial charge in [0.15, 0.2) is 0 Å². The zero-order chi connectivity index (χ0) is 14.5. The average Bonchev–Trinajstić information content (AvgIpc) is 2.47. The summed E-state index contributed by atoms with van der Waals surface area (Å²) in [5.74, 6) is -1.31. The Morgan fingerprint density at radius 1 is 1.40 bits per heavy atom. The normalized spacial score (nSPS) is 18.6. The van der Waals surface area contributed by atoms with Crippen molar-refractivity contribution >= 4 is 17.6 Å². The largest absolute Gasteiger partial charge is 0.478 e. The number of hydrogen-bond donors (Lipinski definition) is 1. The Hall–Kier alpha value is -2.04. The van der Waals surface area contributed by atoms with Crippen molar-refractivity contribution in [1.82, 2.24) is 0 Å². The van der Waals surface area contributed by atoms with Crippen LogP contribution in [0, 0.1) is 5.92 Å². The first-order chi connectivity index (χ1) is 9.63. The van der Waals surface area contributed by atoms with Crippen LogP contribution in [0.4, 0.5) is 5.69 Å². The molecule has 20 heavy (non-hydrogen) atoms. The van der Waals surface area contributed by atoms with E-state index in [0.29, 0.717) is 18.8 Å². The summed E-state index contributed by atoms with van der Waals surface area (Å²) in [4.78, 5) is 25.1. The third kappa shape index (κ3) is 3.10. The van der Waals surface area contributed by atoms with Gasteiger partial charge in [-0.15, -0.1) is 0 Å². The number of carboxylic acids is 1. The monoisotopic (exact) mass is 277 g/mol. The molecule has 2 rings (SSSR count). The molecule has 0 aromatic heterocycles. The van der Waals surface area contributed by atoms with Crippen LogP contribution in [-0.2, 0) is 9.53 Å². The number of esters is 1. The van der Waals surface area contributed by atoms with E-state index in [9.17, 15) is 14.7 Å². The summed E-state index contributed by atoms with van der Waals surface area (Å²) >= 11 is 0. The molecular weight excluding hydrogens is 258 g/mol. The van der Waals surface area contributed by atoms with E-state index in [1.807, 2.05) is 11.0 Å². The van der Waals surface area contributed by atoms with Gasteiger partial charge in [0, 0.05) is 13.1 Å². The van der Waals surface area contributed by atoms with Crippen molar-refractivity contribution in [1.29, 1.82) is 0 Å². The Bertz CT molecular complexity index is 500. The molecule has 108 valence electrons. The van der Waals surface area contributed by atoms with Crippen LogP contribution < -0.4 is 4.90 Å². The molecular formula is C15H19NO4. The summed E-state index contributed by atoms with van der Waals surface area (Å²) in [7, 11) is 0. The Morgan fingerprint density at radius 2 is 2.15 bits per heavy atom. The second-order valence-electron chi connectivity index (χ2n) is 4.86. The lowest BCUT2D eigenvalue weighted by molar-refractivity contribution is -0.148. The first-order valence-electron chi connectivity index (χ1n) is 6.87. The number of anilines is 1. The number of ether oxygens (including phenoxy) is 1. The van der Waals surface area contributed by atoms with Crippen LogP contribution in [0.5, 0.6) is 0 Å². The molecule has 0 radical (unpaired) electrons. The van der Waals surface area contributed by atoms with Crippen LogP contribution in [0.3, 0.4) is 0 Å². The first kappa shape index (κ1) is 14.4. The third-order valence-electron chi connectivity index (χ3n) is 3.52. The van der Waals surface area contributed by atoms with Gasteiger partial charge < -0.3 is 14.7 Å². The van der Waals surface area contributed by atoms with Crippen LogP contribution >= 0.6 is 0 Å². The van der Waals surface area contributed by atoms with Crippen LogP contribution in [0.15, 0.2) is 24.3 Å². The first-order valence-corrected chi connectivity index (χ1v) is 6.87. The van der Waals surface area contributed by atoms with Gasteiger partial charge in [-0.25, -0.2) is 4.79 Å². The van der Waals surface area contributed by atoms with E-state index in [1.165, 1.54) is 0 Å². The average molecular weight is 277 g/mol. The fourth-order valence-corrected chi connectivity index (χ4v) is 2.58. The highest BCUT2D eigenvalue weighted by Gasteiger charge is 2.28. The van der Waals surface area contributed by atoms with Gasteiger partial charge in [0.25, 0.3) is 0 Å². The number of nitrogens with zero attached hydrogens (tertiary/aromatic N) is 1. The Kier molecular flexibility index (Phi) is 4.61. The summed E-state index contributed by atoms with van der Waals surface area (Å²) in [5.41, 5.74) is 0.950. The lowest BCUT2D eigenvalue weighted by Gasteiger charge is -2.34. The van der Waals surface area contributed by atoms with Crippen LogP contribution in [0.2, 0.25) is 0 Å². The van der Waals surface area contributed by atoms with Gasteiger partial charge in [-0.05, 0) is 31.9 Å². The lowest BCUT2D eigenvalue weighted by atomic mass is 9.97. The van der Waals surface area contributed by atoms with E-state index in [-0.39, 0.29) is 17.5 Å². The maximum absolute atomic E-state index is 11.8. The highest BCUT2D eigenvalue weighted by atomic mass is 16.5. The van der Waals surface area contributed by atoms with Gasteiger partial charge in [0.1, 0.15) is 0 Å². The predicted octanol–water partition coefficient (Wildman–Crippen LogP) is 2.16. The summed E-state index contributed by atoms with van der Waals surface area (Å²) < 4.78 is 5.06. The Balaban J connectivity index is 2.17. The van der Waals surface area contributed by atoms with Crippen molar-refractivity contribution in [2.24, 2.45) is 5.92 Å². The van der Waals surface area contributed by atoms with Crippen LogP contribution in [-0.4, -0.2) is 36.7 Å². The molecule has 0 aliphatic carbocycles. The number of hydrogen-bond acceptors (Lipinski definition) is 4. The molecule has 1 aromatic rings. The molecule has 1 fully saturated rings. The number of aromatic carboxylic acids is 1. The highest BCUT2D eigenvalue weighted by Crippen LogP contribution is 2.27. The van der Waals surface area contributed by atoms with E-state index in [1.54, 1.807) is 25.1 Å². The number of benzene rings is 1. The maximum atomic E-state index is 11.8. The van der Waals surface area contributed by atoms with Gasteiger partial charge in [-0.1, -0.05) is 12.1 Å². The standard InChI is InChI=1S/C15H19NO4/c1-2-20-15(19)11-6-5-9-16(10-11)13-8-4-3-7-12(13)14(17)18/h3-4,7-8,11H,2,5-6,9-10H2,1H3,(H,17,18). The van der Waals surface area contributed by atoms with Crippen LogP contribution in [0.25, 0.3) is 0 Å². The van der Waals surface area contributed by atoms with Crippen molar-refractivity contribution in [2.45, 2.75) is 19.8 Å². The highest BCUT2D eigenvalue weighted by molar-refractivity contribution is 5.94. The summed E-state index contributed by atoms with van der Waals surface area (Å²) in [6.07, 6.45) is 1.65. The van der Waals surface area contributed by atoms with Crippen LogP contribution in [0.1, 0.15) is 30.1 Å². The molecule has 1 N–H and O–H groups in total. The number of carbonyl (C=O) groups excluding carboxylic acids is 1. The quantitative estimate of drug-likeness (QED) is 0.854. The predicted molar refractivity (Wildman–Crippen MR) is 75.0 cm³/mol. The van der Waals surface area contributed by atoms with Gasteiger partial charge in [-0.3, -0.25) is 4.79 Å². The Morgan fingerprint density at radius 3 is 2.85 bits per heavy atom. The number of para-hydroxylation sites is 1. The summed E-state index contributed by atoms with van der Waals surface area (Å²) in [6, 6.07) is 6.90. The topological polar surface area (TPSA) is 66.8 Å². The maximum Gasteiger partial charge on any atom is 0.337 e. The fraction of sp³-hybridized carbons (Fsp3) is 0.467. The molecule has 0 bridgehead atoms. The molecule has 1 saturated heterocycles. The number of piperidine rings is 1. The zero-order valence-electron chi connectivity index (χ0n) is 11.5. The molecule has 1 unspecified atom stereocenters. The molecule has 0 saturated carbocycles. The summed E-state index contributed by atoms with van der Waals surface area (Å²) in [6.45, 7) is 3.45. The van der Waals surface area contributed by atoms with Crippen molar-refractivity contribution in [3.63, 3.8) is 0 Å². The molecule has 0 amide bonds. The molecule has 1 heterocycles. The minimum absolute atomic E-state index is 0.175. The third-order valence-corrected chi connectivity index (χ3v) is 3.52. The molecule has 1 aliphatic rings. The zero-order valence-corrected chi connectivity index (χ0v) is 11.5. The van der Waals surface area contributed by atoms with E-state index < -0.39 is 5.97 Å². The number of carboxylic acid groups (broad SMARTS) is 1. The fourth-order valence-electron chi connectivity index (χ4n) is 2.58. The molecule has 1 aromatic carbocycles. The van der Waals surface area contributed by atoms with Crippen molar-refractivity contribution in [2.75, 3.05) is 24.6 Å². The second-order valence-corrected chi connectivity index (χ2v) is 4.86. The molecule has 5 nitrogen and oxygen atoms in total. The minimum atomic E-state index is -0.946. The van der Waals surface area contributed by atoms with E-state index in [4.69, 9.17) is 4.74 Å². The van der Waals surface area contributed by atoms with Crippen molar-refractivity contribution < 1.29 is 19.4 Å². The van der Waals surface area contributed by atoms with E-state index in [2.05, 4.69) is 0 Å².